The van der Waals surface area contributed by atoms with Gasteiger partial charge in [0.25, 0.3) is 0 Å². The molecular weight excluding hydrogens is 228 g/mol. The second-order valence-electron chi connectivity index (χ2n) is 4.13. The van der Waals surface area contributed by atoms with Crippen molar-refractivity contribution in [2.24, 2.45) is 0 Å². The fourth-order valence-corrected chi connectivity index (χ4v) is 2.84. The molecule has 0 aromatic carbocycles. The zero-order valence-corrected chi connectivity index (χ0v) is 10.0. The van der Waals surface area contributed by atoms with Gasteiger partial charge in [-0.25, -0.2) is 8.42 Å². The monoisotopic (exact) mass is 244 g/mol. The van der Waals surface area contributed by atoms with Gasteiger partial charge in [0, 0.05) is 12.6 Å². The quantitative estimate of drug-likeness (QED) is 0.700. The van der Waals surface area contributed by atoms with Crippen molar-refractivity contribution >= 4 is 15.9 Å². The van der Waals surface area contributed by atoms with Crippen LogP contribution in [0.1, 0.15) is 19.8 Å². The molecule has 2 aliphatic rings. The normalized spacial score (nSPS) is 25.9. The van der Waals surface area contributed by atoms with Crippen LogP contribution >= 0.6 is 0 Å². The number of carbonyl (C=O) groups excluding carboxylic acids is 1. The Morgan fingerprint density at radius 1 is 1.50 bits per heavy atom. The first kappa shape index (κ1) is 11.6. The zero-order valence-electron chi connectivity index (χ0n) is 9.22. The number of rotatable bonds is 4. The summed E-state index contributed by atoms with van der Waals surface area (Å²) in [7, 11) is -3.30. The van der Waals surface area contributed by atoms with E-state index in [1.807, 2.05) is 0 Å². The Kier molecular flexibility index (Phi) is 3.03. The van der Waals surface area contributed by atoms with Crippen LogP contribution in [-0.2, 0) is 14.8 Å². The van der Waals surface area contributed by atoms with Gasteiger partial charge in [0.05, 0.1) is 5.75 Å². The Balaban J connectivity index is 2.07. The van der Waals surface area contributed by atoms with E-state index >= 15 is 0 Å². The van der Waals surface area contributed by atoms with Crippen LogP contribution in [0.2, 0.25) is 0 Å². The number of nitrogens with one attached hydrogen (secondary N) is 1. The second kappa shape index (κ2) is 4.18. The van der Waals surface area contributed by atoms with Gasteiger partial charge in [0.1, 0.15) is 6.04 Å². The molecule has 0 spiro atoms. The molecule has 90 valence electrons. The van der Waals surface area contributed by atoms with Crippen molar-refractivity contribution in [1.29, 1.82) is 0 Å². The van der Waals surface area contributed by atoms with E-state index in [-0.39, 0.29) is 17.7 Å². The molecule has 0 aromatic heterocycles. The SMILES string of the molecule is CCS(=O)(=O)N1CC=C[C@H]1C(=O)NC1CC1. The lowest BCUT2D eigenvalue weighted by atomic mass is 10.3. The van der Waals surface area contributed by atoms with E-state index in [1.54, 1.807) is 19.1 Å². The molecule has 1 heterocycles. The minimum absolute atomic E-state index is 0.0297. The molecule has 5 nitrogen and oxygen atoms in total. The van der Waals surface area contributed by atoms with Crippen molar-refractivity contribution < 1.29 is 13.2 Å². The molecule has 1 amide bonds. The Labute approximate surface area is 95.6 Å². The van der Waals surface area contributed by atoms with Crippen LogP contribution in [0.15, 0.2) is 12.2 Å². The van der Waals surface area contributed by atoms with Crippen molar-refractivity contribution in [2.75, 3.05) is 12.3 Å². The van der Waals surface area contributed by atoms with Gasteiger partial charge in [-0.15, -0.1) is 0 Å². The Bertz CT molecular complexity index is 412. The van der Waals surface area contributed by atoms with Crippen LogP contribution in [0, 0.1) is 0 Å². The van der Waals surface area contributed by atoms with Crippen LogP contribution < -0.4 is 5.32 Å². The topological polar surface area (TPSA) is 66.5 Å². The summed E-state index contributed by atoms with van der Waals surface area (Å²) in [6.07, 6.45) is 5.39. The summed E-state index contributed by atoms with van der Waals surface area (Å²) in [6, 6.07) is -0.391. The maximum Gasteiger partial charge on any atom is 0.242 e. The van der Waals surface area contributed by atoms with Crippen LogP contribution in [0.3, 0.4) is 0 Å². The third-order valence-corrected chi connectivity index (χ3v) is 4.65. The number of carbonyl (C=O) groups is 1. The second-order valence-corrected chi connectivity index (χ2v) is 6.34. The maximum atomic E-state index is 11.8. The number of hydrogen-bond donors (Lipinski definition) is 1. The highest BCUT2D eigenvalue weighted by Crippen LogP contribution is 2.21. The molecule has 1 fully saturated rings. The van der Waals surface area contributed by atoms with Crippen LogP contribution in [-0.4, -0.2) is 43.0 Å². The number of nitrogens with zero attached hydrogens (tertiary/aromatic N) is 1. The Hall–Kier alpha value is -0.880. The van der Waals surface area contributed by atoms with Crippen LogP contribution in [0.25, 0.3) is 0 Å². The fraction of sp³-hybridized carbons (Fsp3) is 0.700. The van der Waals surface area contributed by atoms with Gasteiger partial charge in [-0.2, -0.15) is 4.31 Å². The third-order valence-electron chi connectivity index (χ3n) is 2.83. The van der Waals surface area contributed by atoms with E-state index in [0.717, 1.165) is 12.8 Å². The number of sulfonamides is 1. The first-order valence-corrected chi connectivity index (χ1v) is 7.12. The summed E-state index contributed by atoms with van der Waals surface area (Å²) in [4.78, 5) is 11.8. The van der Waals surface area contributed by atoms with E-state index in [9.17, 15) is 13.2 Å². The summed E-state index contributed by atoms with van der Waals surface area (Å²) < 4.78 is 24.7. The summed E-state index contributed by atoms with van der Waals surface area (Å²) in [5.41, 5.74) is 0. The van der Waals surface area contributed by atoms with Crippen molar-refractivity contribution in [3.63, 3.8) is 0 Å². The van der Waals surface area contributed by atoms with E-state index in [0.29, 0.717) is 6.54 Å². The standard InChI is InChI=1S/C10H16N2O3S/c1-2-16(14,15)12-7-3-4-9(12)10(13)11-8-5-6-8/h3-4,8-9H,2,5-7H2,1H3,(H,11,13)/t9-/m0/s1. The van der Waals surface area contributed by atoms with Crippen molar-refractivity contribution in [2.45, 2.75) is 31.8 Å². The average Bonchev–Trinajstić information content (AvgIpc) is 2.91. The molecule has 0 aromatic rings. The van der Waals surface area contributed by atoms with Gasteiger partial charge in [-0.3, -0.25) is 4.79 Å². The molecule has 1 atom stereocenters. The average molecular weight is 244 g/mol. The highest BCUT2D eigenvalue weighted by Gasteiger charge is 2.36. The lowest BCUT2D eigenvalue weighted by Gasteiger charge is -2.22. The number of hydrogen-bond acceptors (Lipinski definition) is 3. The van der Waals surface area contributed by atoms with Gasteiger partial charge < -0.3 is 5.32 Å². The van der Waals surface area contributed by atoms with Crippen LogP contribution in [0.5, 0.6) is 0 Å². The lowest BCUT2D eigenvalue weighted by Crippen LogP contribution is -2.47. The molecular formula is C10H16N2O3S. The minimum Gasteiger partial charge on any atom is -0.352 e. The van der Waals surface area contributed by atoms with Gasteiger partial charge in [0.15, 0.2) is 0 Å². The fourth-order valence-electron chi connectivity index (χ4n) is 1.69. The van der Waals surface area contributed by atoms with E-state index in [4.69, 9.17) is 0 Å². The summed E-state index contributed by atoms with van der Waals surface area (Å²) >= 11 is 0. The predicted octanol–water partition coefficient (Wildman–Crippen LogP) is -0.145. The molecule has 1 aliphatic heterocycles. The molecule has 0 unspecified atom stereocenters. The largest absolute Gasteiger partial charge is 0.352 e. The molecule has 0 bridgehead atoms. The Morgan fingerprint density at radius 2 is 2.19 bits per heavy atom. The molecule has 1 N–H and O–H groups in total. The predicted molar refractivity (Wildman–Crippen MR) is 60.3 cm³/mol. The highest BCUT2D eigenvalue weighted by molar-refractivity contribution is 7.89. The maximum absolute atomic E-state index is 11.8. The van der Waals surface area contributed by atoms with Gasteiger partial charge in [-0.1, -0.05) is 12.2 Å². The van der Waals surface area contributed by atoms with E-state index in [1.165, 1.54) is 4.31 Å². The molecule has 0 radical (unpaired) electrons. The van der Waals surface area contributed by atoms with Crippen molar-refractivity contribution in [3.05, 3.63) is 12.2 Å². The Morgan fingerprint density at radius 3 is 2.75 bits per heavy atom. The first-order chi connectivity index (χ1) is 7.54. The summed E-state index contributed by atoms with van der Waals surface area (Å²) in [6.45, 7) is 1.89. The lowest BCUT2D eigenvalue weighted by molar-refractivity contribution is -0.123. The third kappa shape index (κ3) is 2.27. The molecule has 2 rings (SSSR count). The smallest absolute Gasteiger partial charge is 0.242 e. The molecule has 1 saturated carbocycles. The minimum atomic E-state index is -3.30. The van der Waals surface area contributed by atoms with E-state index < -0.39 is 16.1 Å². The molecule has 0 saturated heterocycles. The van der Waals surface area contributed by atoms with Gasteiger partial charge >= 0.3 is 0 Å². The van der Waals surface area contributed by atoms with Gasteiger partial charge in [0.2, 0.25) is 15.9 Å². The molecule has 6 heteroatoms. The first-order valence-electron chi connectivity index (χ1n) is 5.51. The van der Waals surface area contributed by atoms with E-state index in [2.05, 4.69) is 5.32 Å². The highest BCUT2D eigenvalue weighted by atomic mass is 32.2. The van der Waals surface area contributed by atoms with Crippen molar-refractivity contribution in [1.82, 2.24) is 9.62 Å². The van der Waals surface area contributed by atoms with Crippen molar-refractivity contribution in [3.8, 4) is 0 Å². The molecule has 1 aliphatic carbocycles. The van der Waals surface area contributed by atoms with Crippen LogP contribution in [0.4, 0.5) is 0 Å². The zero-order chi connectivity index (χ0) is 11.8. The summed E-state index contributed by atoms with van der Waals surface area (Å²) in [5, 5.41) is 2.83. The van der Waals surface area contributed by atoms with Gasteiger partial charge in [-0.05, 0) is 19.8 Å². The molecule has 16 heavy (non-hydrogen) atoms. The summed E-state index contributed by atoms with van der Waals surface area (Å²) in [5.74, 6) is -0.171. The number of amides is 1.